The fourth-order valence-electron chi connectivity index (χ4n) is 3.54. The van der Waals surface area contributed by atoms with Gasteiger partial charge in [0.2, 0.25) is 11.6 Å². The molecule has 134 valence electrons. The minimum Gasteiger partial charge on any atom is -0.507 e. The second-order valence-electron chi connectivity index (χ2n) is 6.15. The first-order valence-electron chi connectivity index (χ1n) is 8.33. The maximum atomic E-state index is 12.5. The quantitative estimate of drug-likeness (QED) is 0.720. The van der Waals surface area contributed by atoms with Crippen LogP contribution in [0.5, 0.6) is 17.2 Å². The van der Waals surface area contributed by atoms with Crippen molar-refractivity contribution in [2.45, 2.75) is 0 Å². The molecule has 1 N–H and O–H groups in total. The van der Waals surface area contributed by atoms with Gasteiger partial charge in [0.25, 0.3) is 0 Å². The van der Waals surface area contributed by atoms with E-state index in [1.54, 1.807) is 36.4 Å². The van der Waals surface area contributed by atoms with Crippen molar-refractivity contribution in [3.05, 3.63) is 71.3 Å². The Balaban J connectivity index is 2.06. The largest absolute Gasteiger partial charge is 0.507 e. The topological polar surface area (TPSA) is 72.8 Å². The van der Waals surface area contributed by atoms with Crippen molar-refractivity contribution in [2.75, 3.05) is 14.2 Å². The smallest absolute Gasteiger partial charge is 0.237 e. The van der Waals surface area contributed by atoms with Gasteiger partial charge >= 0.3 is 0 Å². The number of allylic oxidation sites excluding steroid dienone is 1. The molecule has 0 radical (unpaired) electrons. The highest BCUT2D eigenvalue weighted by atomic mass is 16.5. The van der Waals surface area contributed by atoms with Crippen LogP contribution in [0.3, 0.4) is 0 Å². The first-order valence-corrected chi connectivity index (χ1v) is 8.33. The second-order valence-corrected chi connectivity index (χ2v) is 6.15. The third kappa shape index (κ3) is 2.47. The molecule has 3 aromatic carbocycles. The van der Waals surface area contributed by atoms with E-state index < -0.39 is 11.6 Å². The van der Waals surface area contributed by atoms with Crippen molar-refractivity contribution < 1.29 is 24.2 Å². The summed E-state index contributed by atoms with van der Waals surface area (Å²) in [6.07, 6.45) is 1.34. The van der Waals surface area contributed by atoms with Crippen LogP contribution >= 0.6 is 0 Å². The van der Waals surface area contributed by atoms with Gasteiger partial charge in [0.05, 0.1) is 25.2 Å². The van der Waals surface area contributed by atoms with Crippen LogP contribution in [-0.4, -0.2) is 30.9 Å². The Kier molecular flexibility index (Phi) is 3.92. The van der Waals surface area contributed by atoms with E-state index in [-0.39, 0.29) is 11.3 Å². The van der Waals surface area contributed by atoms with Crippen molar-refractivity contribution in [1.29, 1.82) is 0 Å². The summed E-state index contributed by atoms with van der Waals surface area (Å²) in [7, 11) is 3.00. The number of hydrogen-bond donors (Lipinski definition) is 1. The van der Waals surface area contributed by atoms with E-state index in [1.165, 1.54) is 20.3 Å². The Hall–Kier alpha value is -3.60. The molecule has 4 rings (SSSR count). The third-order valence-corrected chi connectivity index (χ3v) is 4.75. The molecule has 0 saturated heterocycles. The van der Waals surface area contributed by atoms with E-state index >= 15 is 0 Å². The molecule has 1 aliphatic rings. The van der Waals surface area contributed by atoms with Crippen molar-refractivity contribution >= 4 is 27.9 Å². The fraction of sp³-hybridized carbons (Fsp3) is 0.0909. The first-order chi connectivity index (χ1) is 13.1. The number of carbonyl (C=O) groups is 2. The van der Waals surface area contributed by atoms with Gasteiger partial charge in [0, 0.05) is 0 Å². The van der Waals surface area contributed by atoms with Crippen LogP contribution < -0.4 is 9.47 Å². The van der Waals surface area contributed by atoms with Crippen LogP contribution in [-0.2, 0) is 4.79 Å². The Morgan fingerprint density at radius 3 is 2.26 bits per heavy atom. The maximum absolute atomic E-state index is 12.5. The van der Waals surface area contributed by atoms with Gasteiger partial charge in [-0.15, -0.1) is 0 Å². The molecule has 0 bridgehead atoms. The number of aromatic hydroxyl groups is 1. The van der Waals surface area contributed by atoms with Crippen molar-refractivity contribution in [2.24, 2.45) is 0 Å². The van der Waals surface area contributed by atoms with Gasteiger partial charge in [0.15, 0.2) is 0 Å². The van der Waals surface area contributed by atoms with Gasteiger partial charge in [-0.05, 0) is 46.4 Å². The lowest BCUT2D eigenvalue weighted by Gasteiger charge is -2.20. The van der Waals surface area contributed by atoms with Crippen molar-refractivity contribution in [3.63, 3.8) is 0 Å². The number of phenolic OH excluding ortho intramolecular Hbond substituents is 1. The molecule has 5 nitrogen and oxygen atoms in total. The highest BCUT2D eigenvalue weighted by molar-refractivity contribution is 6.51. The molecule has 27 heavy (non-hydrogen) atoms. The zero-order valence-electron chi connectivity index (χ0n) is 14.8. The van der Waals surface area contributed by atoms with Crippen molar-refractivity contribution in [1.82, 2.24) is 0 Å². The van der Waals surface area contributed by atoms with Crippen LogP contribution in [0.4, 0.5) is 0 Å². The molecule has 0 heterocycles. The molecule has 0 amide bonds. The molecular formula is C22H16O5. The van der Waals surface area contributed by atoms with E-state index in [1.807, 2.05) is 12.1 Å². The molecule has 0 spiro atoms. The predicted molar refractivity (Wildman–Crippen MR) is 102 cm³/mol. The summed E-state index contributed by atoms with van der Waals surface area (Å²) in [5.74, 6) is -0.234. The third-order valence-electron chi connectivity index (χ3n) is 4.75. The van der Waals surface area contributed by atoms with E-state index in [9.17, 15) is 14.7 Å². The minimum absolute atomic E-state index is 0.0795. The minimum atomic E-state index is -0.605. The van der Waals surface area contributed by atoms with Gasteiger partial charge in [-0.2, -0.15) is 0 Å². The molecule has 0 aliphatic heterocycles. The van der Waals surface area contributed by atoms with Crippen LogP contribution in [0.1, 0.15) is 21.5 Å². The number of Topliss-reactive ketones (excluding diaryl/α,β-unsaturated/α-hetero) is 1. The summed E-state index contributed by atoms with van der Waals surface area (Å²) in [5.41, 5.74) is 2.20. The molecule has 3 aromatic rings. The molecule has 0 aromatic heterocycles. The number of hydrogen-bond acceptors (Lipinski definition) is 5. The molecular weight excluding hydrogens is 344 g/mol. The summed E-state index contributed by atoms with van der Waals surface area (Å²) >= 11 is 0. The van der Waals surface area contributed by atoms with E-state index in [0.717, 1.165) is 10.9 Å². The molecule has 1 aliphatic carbocycles. The van der Waals surface area contributed by atoms with Gasteiger partial charge in [0.1, 0.15) is 17.2 Å². The SMILES string of the molecule is COc1cccc2c1C(=O)C(=O)C=C2c1ccc(O)c2c(OC)cccc12. The Bertz CT molecular complexity index is 1140. The molecule has 0 unspecified atom stereocenters. The van der Waals surface area contributed by atoms with Crippen LogP contribution in [0.15, 0.2) is 54.6 Å². The van der Waals surface area contributed by atoms with Gasteiger partial charge in [-0.1, -0.05) is 30.3 Å². The number of phenols is 1. The first kappa shape index (κ1) is 16.8. The fourth-order valence-corrected chi connectivity index (χ4v) is 3.54. The number of ketones is 2. The molecule has 0 atom stereocenters. The average molecular weight is 360 g/mol. The number of benzene rings is 3. The number of methoxy groups -OCH3 is 2. The lowest BCUT2D eigenvalue weighted by molar-refractivity contribution is -0.111. The Morgan fingerprint density at radius 1 is 0.815 bits per heavy atom. The zero-order valence-corrected chi connectivity index (χ0v) is 14.8. The zero-order chi connectivity index (χ0) is 19.1. The number of ether oxygens (including phenoxy) is 2. The Morgan fingerprint density at radius 2 is 1.52 bits per heavy atom. The standard InChI is InChI=1S/C22H16O5/c1-26-18-7-3-5-13-12(9-10-16(23)20(13)18)15-11-17(24)22(25)21-14(15)6-4-8-19(21)27-2/h3-11,23H,1-2H3. The van der Waals surface area contributed by atoms with Crippen LogP contribution in [0.2, 0.25) is 0 Å². The van der Waals surface area contributed by atoms with E-state index in [0.29, 0.717) is 28.0 Å². The summed E-state index contributed by atoms with van der Waals surface area (Å²) in [5, 5.41) is 11.6. The Labute approximate surface area is 155 Å². The summed E-state index contributed by atoms with van der Waals surface area (Å²) in [4.78, 5) is 24.8. The van der Waals surface area contributed by atoms with Crippen molar-refractivity contribution in [3.8, 4) is 17.2 Å². The molecule has 5 heteroatoms. The lowest BCUT2D eigenvalue weighted by Crippen LogP contribution is -2.20. The summed E-state index contributed by atoms with van der Waals surface area (Å²) in [6.45, 7) is 0. The number of fused-ring (bicyclic) bond motifs is 2. The lowest BCUT2D eigenvalue weighted by atomic mass is 9.83. The predicted octanol–water partition coefficient (Wildman–Crippen LogP) is 3.76. The summed E-state index contributed by atoms with van der Waals surface area (Å²) < 4.78 is 10.7. The molecule has 0 fully saturated rings. The van der Waals surface area contributed by atoms with Gasteiger partial charge in [-0.3, -0.25) is 9.59 Å². The van der Waals surface area contributed by atoms with E-state index in [4.69, 9.17) is 9.47 Å². The van der Waals surface area contributed by atoms with Gasteiger partial charge in [-0.25, -0.2) is 0 Å². The van der Waals surface area contributed by atoms with E-state index in [2.05, 4.69) is 0 Å². The maximum Gasteiger partial charge on any atom is 0.237 e. The molecule has 0 saturated carbocycles. The van der Waals surface area contributed by atoms with Gasteiger partial charge < -0.3 is 14.6 Å². The normalized spacial score (nSPS) is 13.3. The average Bonchev–Trinajstić information content (AvgIpc) is 2.70. The second kappa shape index (κ2) is 6.29. The number of carbonyl (C=O) groups excluding carboxylic acids is 2. The summed E-state index contributed by atoms with van der Waals surface area (Å²) in [6, 6.07) is 13.9. The monoisotopic (exact) mass is 360 g/mol. The van der Waals surface area contributed by atoms with Crippen LogP contribution in [0, 0.1) is 0 Å². The van der Waals surface area contributed by atoms with Crippen LogP contribution in [0.25, 0.3) is 16.3 Å². The highest BCUT2D eigenvalue weighted by Crippen LogP contribution is 2.42. The number of rotatable bonds is 3. The highest BCUT2D eigenvalue weighted by Gasteiger charge is 2.30.